The second kappa shape index (κ2) is 4.62. The summed E-state index contributed by atoms with van der Waals surface area (Å²) >= 11 is 0. The molecule has 1 heterocycles. The van der Waals surface area contributed by atoms with Crippen molar-refractivity contribution < 1.29 is 0 Å². The molecule has 3 rings (SSSR count). The highest BCUT2D eigenvalue weighted by molar-refractivity contribution is 5.21. The largest absolute Gasteiger partial charge is 0.326 e. The van der Waals surface area contributed by atoms with Crippen LogP contribution in [0.15, 0.2) is 11.6 Å². The van der Waals surface area contributed by atoms with Gasteiger partial charge in [-0.25, -0.2) is 0 Å². The Morgan fingerprint density at radius 2 is 2.00 bits per heavy atom. The van der Waals surface area contributed by atoms with Crippen LogP contribution in [0.25, 0.3) is 0 Å². The number of hydrogen-bond acceptors (Lipinski definition) is 3. The highest BCUT2D eigenvalue weighted by Crippen LogP contribution is 2.43. The Labute approximate surface area is 111 Å². The van der Waals surface area contributed by atoms with Gasteiger partial charge in [0.15, 0.2) is 0 Å². The molecule has 0 aromatic rings. The Morgan fingerprint density at radius 3 is 2.67 bits per heavy atom. The van der Waals surface area contributed by atoms with Gasteiger partial charge in [0.2, 0.25) is 0 Å². The molecule has 3 heteroatoms. The number of nitrogens with two attached hydrogens (primary N) is 2. The molecular weight excluding hydrogens is 222 g/mol. The maximum atomic E-state index is 6.15. The van der Waals surface area contributed by atoms with Crippen LogP contribution in [0.2, 0.25) is 0 Å². The monoisotopic (exact) mass is 249 g/mol. The first-order valence-electron chi connectivity index (χ1n) is 7.52. The Morgan fingerprint density at radius 1 is 1.28 bits per heavy atom. The molecule has 4 atom stereocenters. The molecule has 3 nitrogen and oxygen atoms in total. The molecule has 0 aromatic carbocycles. The number of likely N-dealkylation sites (tertiary alicyclic amines) is 1. The Balaban J connectivity index is 1.81. The van der Waals surface area contributed by atoms with Gasteiger partial charge >= 0.3 is 0 Å². The van der Waals surface area contributed by atoms with Crippen LogP contribution in [0, 0.1) is 5.92 Å². The van der Waals surface area contributed by atoms with Crippen LogP contribution in [0.5, 0.6) is 0 Å². The van der Waals surface area contributed by atoms with Gasteiger partial charge in [0.25, 0.3) is 0 Å². The average Bonchev–Trinajstić information content (AvgIpc) is 2.26. The molecule has 102 valence electrons. The summed E-state index contributed by atoms with van der Waals surface area (Å²) in [5.74, 6) is 0.901. The molecule has 1 saturated heterocycles. The van der Waals surface area contributed by atoms with Gasteiger partial charge in [0.05, 0.1) is 0 Å². The average molecular weight is 249 g/mol. The number of piperidine rings is 1. The molecule has 1 aliphatic heterocycles. The first-order chi connectivity index (χ1) is 8.55. The third-order valence-electron chi connectivity index (χ3n) is 5.12. The Kier molecular flexibility index (Phi) is 3.25. The molecule has 4 unspecified atom stereocenters. The van der Waals surface area contributed by atoms with Gasteiger partial charge in [-0.3, -0.25) is 4.90 Å². The van der Waals surface area contributed by atoms with Crippen LogP contribution in [-0.2, 0) is 0 Å². The van der Waals surface area contributed by atoms with E-state index in [9.17, 15) is 0 Å². The first kappa shape index (κ1) is 12.6. The zero-order valence-electron chi connectivity index (χ0n) is 11.6. The van der Waals surface area contributed by atoms with E-state index in [2.05, 4.69) is 17.9 Å². The second-order valence-corrected chi connectivity index (χ2v) is 6.99. The van der Waals surface area contributed by atoms with Crippen LogP contribution in [-0.4, -0.2) is 35.6 Å². The van der Waals surface area contributed by atoms with Crippen molar-refractivity contribution in [3.8, 4) is 0 Å². The van der Waals surface area contributed by atoms with Crippen LogP contribution in [0.3, 0.4) is 0 Å². The summed E-state index contributed by atoms with van der Waals surface area (Å²) in [5.41, 5.74) is 14.2. The Hall–Kier alpha value is -0.380. The van der Waals surface area contributed by atoms with E-state index in [1.54, 1.807) is 5.57 Å². The SMILES string of the molecule is CC1(N2CC(N)CC(N)C2)C=C2CCCC(C2)C1. The second-order valence-electron chi connectivity index (χ2n) is 6.99. The summed E-state index contributed by atoms with van der Waals surface area (Å²) in [6, 6.07) is 0.511. The third kappa shape index (κ3) is 2.36. The lowest BCUT2D eigenvalue weighted by Gasteiger charge is -2.50. The minimum atomic E-state index is 0.217. The summed E-state index contributed by atoms with van der Waals surface area (Å²) in [6.45, 7) is 4.43. The molecule has 4 N–H and O–H groups in total. The number of rotatable bonds is 1. The predicted molar refractivity (Wildman–Crippen MR) is 75.2 cm³/mol. The number of allylic oxidation sites excluding steroid dienone is 1. The van der Waals surface area contributed by atoms with Crippen LogP contribution >= 0.6 is 0 Å². The van der Waals surface area contributed by atoms with Crippen molar-refractivity contribution in [1.82, 2.24) is 4.90 Å². The van der Waals surface area contributed by atoms with Crippen molar-refractivity contribution in [3.05, 3.63) is 11.6 Å². The molecule has 2 aliphatic carbocycles. The molecule has 1 saturated carbocycles. The van der Waals surface area contributed by atoms with Gasteiger partial charge in [-0.2, -0.15) is 0 Å². The fraction of sp³-hybridized carbons (Fsp3) is 0.867. The topological polar surface area (TPSA) is 55.3 Å². The van der Waals surface area contributed by atoms with E-state index in [-0.39, 0.29) is 17.6 Å². The zero-order chi connectivity index (χ0) is 12.8. The summed E-state index contributed by atoms with van der Waals surface area (Å²) in [7, 11) is 0. The summed E-state index contributed by atoms with van der Waals surface area (Å²) in [4.78, 5) is 2.56. The van der Waals surface area contributed by atoms with Gasteiger partial charge in [0.1, 0.15) is 0 Å². The molecule has 3 aliphatic rings. The van der Waals surface area contributed by atoms with Crippen molar-refractivity contribution in [3.63, 3.8) is 0 Å². The van der Waals surface area contributed by atoms with Gasteiger partial charge < -0.3 is 11.5 Å². The lowest BCUT2D eigenvalue weighted by molar-refractivity contribution is 0.0655. The Bertz CT molecular complexity index is 342. The van der Waals surface area contributed by atoms with Crippen LogP contribution in [0.1, 0.15) is 45.4 Å². The lowest BCUT2D eigenvalue weighted by Crippen LogP contribution is -2.60. The van der Waals surface area contributed by atoms with Crippen molar-refractivity contribution in [2.75, 3.05) is 13.1 Å². The first-order valence-corrected chi connectivity index (χ1v) is 7.52. The number of fused-ring (bicyclic) bond motifs is 2. The van der Waals surface area contributed by atoms with Crippen molar-refractivity contribution in [1.29, 1.82) is 0 Å². The van der Waals surface area contributed by atoms with E-state index in [0.29, 0.717) is 0 Å². The van der Waals surface area contributed by atoms with E-state index in [4.69, 9.17) is 11.5 Å². The van der Waals surface area contributed by atoms with Crippen LogP contribution in [0.4, 0.5) is 0 Å². The van der Waals surface area contributed by atoms with Gasteiger partial charge in [-0.15, -0.1) is 0 Å². The summed E-state index contributed by atoms with van der Waals surface area (Å²) in [6.07, 6.45) is 10.3. The van der Waals surface area contributed by atoms with E-state index < -0.39 is 0 Å². The highest BCUT2D eigenvalue weighted by Gasteiger charge is 2.40. The van der Waals surface area contributed by atoms with Crippen LogP contribution < -0.4 is 11.5 Å². The molecule has 0 aromatic heterocycles. The molecule has 0 radical (unpaired) electrons. The van der Waals surface area contributed by atoms with E-state index in [1.807, 2.05) is 0 Å². The fourth-order valence-corrected chi connectivity index (χ4v) is 4.40. The molecule has 0 spiro atoms. The molecule has 18 heavy (non-hydrogen) atoms. The molecule has 0 amide bonds. The van der Waals surface area contributed by atoms with Crippen molar-refractivity contribution in [2.45, 2.75) is 63.1 Å². The smallest absolute Gasteiger partial charge is 0.0369 e. The minimum Gasteiger partial charge on any atom is -0.326 e. The van der Waals surface area contributed by atoms with Gasteiger partial charge in [-0.05, 0) is 51.4 Å². The summed E-state index contributed by atoms with van der Waals surface area (Å²) < 4.78 is 0. The predicted octanol–water partition coefficient (Wildman–Crippen LogP) is 1.63. The fourth-order valence-electron chi connectivity index (χ4n) is 4.40. The van der Waals surface area contributed by atoms with Crippen molar-refractivity contribution in [2.24, 2.45) is 17.4 Å². The molecule has 2 fully saturated rings. The van der Waals surface area contributed by atoms with E-state index >= 15 is 0 Å². The zero-order valence-corrected chi connectivity index (χ0v) is 11.6. The standard InChI is InChI=1S/C15H27N3/c1-15(18-9-13(16)6-14(17)10-18)7-11-3-2-4-12(5-11)8-15/h7,12-14H,2-6,8-10,16-17H2,1H3. The quantitative estimate of drug-likeness (QED) is 0.694. The maximum Gasteiger partial charge on any atom is 0.0369 e. The van der Waals surface area contributed by atoms with E-state index in [1.165, 1.54) is 32.1 Å². The number of nitrogens with zero attached hydrogens (tertiary/aromatic N) is 1. The minimum absolute atomic E-state index is 0.217. The normalized spacial score (nSPS) is 45.7. The van der Waals surface area contributed by atoms with Crippen molar-refractivity contribution >= 4 is 0 Å². The summed E-state index contributed by atoms with van der Waals surface area (Å²) in [5, 5.41) is 0. The highest BCUT2D eigenvalue weighted by atomic mass is 15.2. The van der Waals surface area contributed by atoms with Gasteiger partial charge in [-0.1, -0.05) is 11.6 Å². The molecular formula is C15H27N3. The van der Waals surface area contributed by atoms with Gasteiger partial charge in [0, 0.05) is 30.7 Å². The number of hydrogen-bond donors (Lipinski definition) is 2. The lowest BCUT2D eigenvalue weighted by atomic mass is 9.70. The molecule has 2 bridgehead atoms. The van der Waals surface area contributed by atoms with E-state index in [0.717, 1.165) is 25.4 Å². The third-order valence-corrected chi connectivity index (χ3v) is 5.12. The maximum absolute atomic E-state index is 6.15.